The molecule has 9 nitrogen and oxygen atoms in total. The maximum absolute atomic E-state index is 11.0. The molecule has 2 aromatic heterocycles. The summed E-state index contributed by atoms with van der Waals surface area (Å²) < 4.78 is 34.6. The molecule has 0 saturated carbocycles. The van der Waals surface area contributed by atoms with Gasteiger partial charge in [-0.1, -0.05) is 24.3 Å². The van der Waals surface area contributed by atoms with Crippen LogP contribution in [-0.4, -0.2) is 35.7 Å². The fraction of sp³-hybridized carbons (Fsp3) is 0.400. The molecule has 3 heterocycles. The van der Waals surface area contributed by atoms with Crippen LogP contribution >= 0.6 is 0 Å². The Bertz CT molecular complexity index is 1180. The van der Waals surface area contributed by atoms with Crippen molar-refractivity contribution in [3.63, 3.8) is 0 Å². The molecule has 0 amide bonds. The van der Waals surface area contributed by atoms with Crippen molar-refractivity contribution in [1.29, 1.82) is 0 Å². The Kier molecular flexibility index (Phi) is 4.94. The van der Waals surface area contributed by atoms with Crippen LogP contribution in [0.5, 0.6) is 0 Å². The molecular weight excluding hydrogens is 406 g/mol. The Balaban J connectivity index is 1.35. The summed E-state index contributed by atoms with van der Waals surface area (Å²) >= 11 is 0. The lowest BCUT2D eigenvalue weighted by atomic mass is 10.1. The van der Waals surface area contributed by atoms with Crippen molar-refractivity contribution in [3.8, 4) is 0 Å². The fourth-order valence-electron chi connectivity index (χ4n) is 4.38. The molecule has 0 radical (unpaired) electrons. The van der Waals surface area contributed by atoms with E-state index in [-0.39, 0.29) is 25.0 Å². The zero-order valence-electron chi connectivity index (χ0n) is 16.3. The third kappa shape index (κ3) is 3.79. The molecule has 1 saturated heterocycles. The van der Waals surface area contributed by atoms with Gasteiger partial charge in [0.25, 0.3) is 0 Å². The number of benzene rings is 1. The van der Waals surface area contributed by atoms with E-state index in [1.165, 1.54) is 11.1 Å². The number of nitrogens with one attached hydrogen (secondary N) is 1. The molecule has 0 bridgehead atoms. The molecule has 1 aromatic carbocycles. The second kappa shape index (κ2) is 7.62. The van der Waals surface area contributed by atoms with E-state index in [4.69, 9.17) is 9.88 Å². The number of hydrogen-bond acceptors (Lipinski definition) is 7. The first-order valence-electron chi connectivity index (χ1n) is 9.96. The van der Waals surface area contributed by atoms with Gasteiger partial charge in [-0.3, -0.25) is 4.18 Å². The number of aromatic nitrogens is 3. The molecule has 1 fully saturated rings. The summed E-state index contributed by atoms with van der Waals surface area (Å²) in [5.74, 6) is 0.799. The molecule has 2 aliphatic rings. The number of aryl methyl sites for hydroxylation is 1. The number of fused-ring (bicyclic) bond motifs is 2. The third-order valence-electron chi connectivity index (χ3n) is 5.77. The zero-order chi connectivity index (χ0) is 20.7. The minimum absolute atomic E-state index is 0.0859. The molecule has 3 aromatic rings. The van der Waals surface area contributed by atoms with Gasteiger partial charge in [0.05, 0.1) is 24.1 Å². The molecule has 1 aliphatic heterocycles. The third-order valence-corrected chi connectivity index (χ3v) is 6.23. The Morgan fingerprint density at radius 2 is 2.07 bits per heavy atom. The highest BCUT2D eigenvalue weighted by Crippen LogP contribution is 2.36. The highest BCUT2D eigenvalue weighted by Gasteiger charge is 2.29. The van der Waals surface area contributed by atoms with E-state index in [1.807, 2.05) is 16.8 Å². The highest BCUT2D eigenvalue weighted by atomic mass is 32.2. The molecule has 10 heteroatoms. The standard InChI is InChI=1S/C20H23N5O4S/c21-30(26,27)28-11-14-6-8-18(29-14)25-10-9-16-19(22-12-23-20(16)25)24-17-7-5-13-3-1-2-4-15(13)17/h1-4,9-10,12,14,17-18H,5-8,11H2,(H2,21,26,27)(H,22,23,24)/t14-,17-,18+/m0/s1. The number of rotatable bonds is 6. The van der Waals surface area contributed by atoms with E-state index >= 15 is 0 Å². The smallest absolute Gasteiger partial charge is 0.333 e. The Hall–Kier alpha value is -2.53. The first kappa shape index (κ1) is 19.4. The quantitative estimate of drug-likeness (QED) is 0.617. The van der Waals surface area contributed by atoms with Crippen LogP contribution in [0.1, 0.15) is 42.7 Å². The minimum Gasteiger partial charge on any atom is -0.363 e. The van der Waals surface area contributed by atoms with Gasteiger partial charge in [-0.2, -0.15) is 8.42 Å². The van der Waals surface area contributed by atoms with Gasteiger partial charge in [0.1, 0.15) is 24.0 Å². The maximum atomic E-state index is 11.0. The van der Waals surface area contributed by atoms with Gasteiger partial charge in [-0.25, -0.2) is 15.1 Å². The van der Waals surface area contributed by atoms with Crippen molar-refractivity contribution in [2.24, 2.45) is 5.14 Å². The van der Waals surface area contributed by atoms with Gasteiger partial charge in [0, 0.05) is 6.20 Å². The summed E-state index contributed by atoms with van der Waals surface area (Å²) in [5.41, 5.74) is 3.47. The van der Waals surface area contributed by atoms with Crippen LogP contribution < -0.4 is 10.5 Å². The Morgan fingerprint density at radius 3 is 2.93 bits per heavy atom. The molecular formula is C20H23N5O4S. The molecule has 158 valence electrons. The predicted molar refractivity (Wildman–Crippen MR) is 111 cm³/mol. The number of nitrogens with two attached hydrogens (primary N) is 1. The molecule has 3 N–H and O–H groups in total. The second-order valence-corrected chi connectivity index (χ2v) is 8.91. The van der Waals surface area contributed by atoms with E-state index in [1.54, 1.807) is 6.33 Å². The van der Waals surface area contributed by atoms with Crippen molar-refractivity contribution in [2.75, 3.05) is 11.9 Å². The first-order chi connectivity index (χ1) is 14.5. The normalized spacial score (nSPS) is 23.7. The number of ether oxygens (including phenoxy) is 1. The number of nitrogens with zero attached hydrogens (tertiary/aromatic N) is 3. The van der Waals surface area contributed by atoms with Crippen LogP contribution in [0.4, 0.5) is 5.82 Å². The molecule has 5 rings (SSSR count). The second-order valence-electron chi connectivity index (χ2n) is 7.68. The molecule has 30 heavy (non-hydrogen) atoms. The van der Waals surface area contributed by atoms with E-state index < -0.39 is 10.3 Å². The van der Waals surface area contributed by atoms with Crippen LogP contribution in [0.2, 0.25) is 0 Å². The van der Waals surface area contributed by atoms with Crippen LogP contribution in [0, 0.1) is 0 Å². The summed E-state index contributed by atoms with van der Waals surface area (Å²) in [4.78, 5) is 8.94. The van der Waals surface area contributed by atoms with Gasteiger partial charge in [-0.15, -0.1) is 0 Å². The SMILES string of the molecule is NS(=O)(=O)OC[C@@H]1CC[C@H](n2ccc3c(N[C@H]4CCc5ccccc54)ncnc32)O1. The highest BCUT2D eigenvalue weighted by molar-refractivity contribution is 7.84. The fourth-order valence-corrected chi connectivity index (χ4v) is 4.72. The zero-order valence-corrected chi connectivity index (χ0v) is 17.1. The average Bonchev–Trinajstić information content (AvgIpc) is 3.44. The van der Waals surface area contributed by atoms with Crippen LogP contribution in [0.3, 0.4) is 0 Å². The minimum atomic E-state index is -3.97. The average molecular weight is 430 g/mol. The van der Waals surface area contributed by atoms with E-state index in [2.05, 4.69) is 43.7 Å². The van der Waals surface area contributed by atoms with E-state index in [9.17, 15) is 8.42 Å². The molecule has 3 atom stereocenters. The predicted octanol–water partition coefficient (Wildman–Crippen LogP) is 2.43. The number of hydrogen-bond donors (Lipinski definition) is 2. The Labute approximate surface area is 174 Å². The van der Waals surface area contributed by atoms with Crippen molar-refractivity contribution >= 4 is 27.2 Å². The van der Waals surface area contributed by atoms with Gasteiger partial charge >= 0.3 is 10.3 Å². The van der Waals surface area contributed by atoms with E-state index in [0.717, 1.165) is 36.1 Å². The number of anilines is 1. The molecule has 0 spiro atoms. The Morgan fingerprint density at radius 1 is 1.20 bits per heavy atom. The van der Waals surface area contributed by atoms with Gasteiger partial charge in [0.15, 0.2) is 0 Å². The lowest BCUT2D eigenvalue weighted by Crippen LogP contribution is -2.23. The topological polar surface area (TPSA) is 121 Å². The van der Waals surface area contributed by atoms with Crippen molar-refractivity contribution in [2.45, 2.75) is 44.1 Å². The summed E-state index contributed by atoms with van der Waals surface area (Å²) in [6.07, 6.45) is 6.40. The lowest BCUT2D eigenvalue weighted by molar-refractivity contribution is -0.0146. The van der Waals surface area contributed by atoms with Crippen molar-refractivity contribution in [1.82, 2.24) is 14.5 Å². The van der Waals surface area contributed by atoms with Gasteiger partial charge in [-0.05, 0) is 42.9 Å². The maximum Gasteiger partial charge on any atom is 0.333 e. The van der Waals surface area contributed by atoms with Crippen LogP contribution in [0.15, 0.2) is 42.9 Å². The largest absolute Gasteiger partial charge is 0.363 e. The summed E-state index contributed by atoms with van der Waals surface area (Å²) in [6.45, 7) is -0.0859. The molecule has 0 unspecified atom stereocenters. The van der Waals surface area contributed by atoms with Gasteiger partial charge in [0.2, 0.25) is 0 Å². The summed E-state index contributed by atoms with van der Waals surface area (Å²) in [5, 5.41) is 9.41. The summed E-state index contributed by atoms with van der Waals surface area (Å²) in [7, 11) is -3.97. The monoisotopic (exact) mass is 429 g/mol. The summed E-state index contributed by atoms with van der Waals surface area (Å²) in [6, 6.07) is 10.7. The van der Waals surface area contributed by atoms with Gasteiger partial charge < -0.3 is 14.6 Å². The van der Waals surface area contributed by atoms with Crippen molar-refractivity contribution in [3.05, 3.63) is 54.0 Å². The van der Waals surface area contributed by atoms with E-state index in [0.29, 0.717) is 6.42 Å². The van der Waals surface area contributed by atoms with Crippen LogP contribution in [-0.2, 0) is 25.6 Å². The first-order valence-corrected chi connectivity index (χ1v) is 11.4. The van der Waals surface area contributed by atoms with Crippen molar-refractivity contribution < 1.29 is 17.3 Å². The van der Waals surface area contributed by atoms with Crippen LogP contribution in [0.25, 0.3) is 11.0 Å². The lowest BCUT2D eigenvalue weighted by Gasteiger charge is -2.17. The molecule has 1 aliphatic carbocycles.